The molecule has 0 fully saturated rings. The van der Waals surface area contributed by atoms with Gasteiger partial charge in [0, 0.05) is 40.6 Å². The molecule has 180 valence electrons. The van der Waals surface area contributed by atoms with Crippen molar-refractivity contribution in [3.63, 3.8) is 0 Å². The van der Waals surface area contributed by atoms with E-state index < -0.39 is 16.8 Å². The fourth-order valence-corrected chi connectivity index (χ4v) is 4.35. The minimum atomic E-state index is -0.613. The summed E-state index contributed by atoms with van der Waals surface area (Å²) in [6, 6.07) is 18.5. The van der Waals surface area contributed by atoms with E-state index in [4.69, 9.17) is 9.15 Å². The van der Waals surface area contributed by atoms with Crippen molar-refractivity contribution < 1.29 is 23.7 Å². The second-order valence-corrected chi connectivity index (χ2v) is 8.38. The number of hydrogen-bond acceptors (Lipinski definition) is 7. The lowest BCUT2D eigenvalue weighted by Gasteiger charge is -2.13. The number of non-ortho nitro benzene ring substituents is 1. The van der Waals surface area contributed by atoms with Crippen molar-refractivity contribution in [2.75, 3.05) is 0 Å². The second kappa shape index (κ2) is 9.46. The smallest absolute Gasteiger partial charge is 0.379 e. The Hall–Kier alpha value is -4.79. The Kier molecular flexibility index (Phi) is 6.03. The first-order valence-corrected chi connectivity index (χ1v) is 11.4. The average molecular weight is 483 g/mol. The zero-order valence-corrected chi connectivity index (χ0v) is 19.3. The van der Waals surface area contributed by atoms with E-state index in [1.54, 1.807) is 13.0 Å². The maximum absolute atomic E-state index is 13.1. The number of ether oxygens (including phenoxy) is 1. The molecule has 4 aromatic rings. The van der Waals surface area contributed by atoms with Crippen molar-refractivity contribution in [1.29, 1.82) is 0 Å². The van der Waals surface area contributed by atoms with Gasteiger partial charge in [0.1, 0.15) is 11.5 Å². The molecule has 0 unspecified atom stereocenters. The van der Waals surface area contributed by atoms with E-state index in [0.29, 0.717) is 41.2 Å². The van der Waals surface area contributed by atoms with Gasteiger partial charge in [-0.05, 0) is 37.3 Å². The molecule has 0 aliphatic heterocycles. The molecule has 1 aliphatic carbocycles. The third kappa shape index (κ3) is 4.34. The number of carbonyl (C=O) groups excluding carboxylic acids is 2. The van der Waals surface area contributed by atoms with Crippen LogP contribution in [0, 0.1) is 17.0 Å². The molecule has 1 N–H and O–H groups in total. The summed E-state index contributed by atoms with van der Waals surface area (Å²) >= 11 is 0. The van der Waals surface area contributed by atoms with Crippen LogP contribution in [0.2, 0.25) is 0 Å². The van der Waals surface area contributed by atoms with Gasteiger partial charge in [0.05, 0.1) is 10.6 Å². The maximum Gasteiger partial charge on any atom is 0.379 e. The third-order valence-electron chi connectivity index (χ3n) is 6.07. The minimum Gasteiger partial charge on any atom is -0.453 e. The summed E-state index contributed by atoms with van der Waals surface area (Å²) in [4.78, 5) is 36.0. The number of fused-ring (bicyclic) bond motifs is 2. The van der Waals surface area contributed by atoms with E-state index >= 15 is 0 Å². The Morgan fingerprint density at radius 1 is 1.06 bits per heavy atom. The summed E-state index contributed by atoms with van der Waals surface area (Å²) in [5, 5.41) is 17.0. The topological polar surface area (TPSA) is 124 Å². The predicted octanol–water partition coefficient (Wildman–Crippen LogP) is 5.34. The number of furan rings is 1. The lowest BCUT2D eigenvalue weighted by atomic mass is 9.93. The lowest BCUT2D eigenvalue weighted by molar-refractivity contribution is -0.384. The van der Waals surface area contributed by atoms with Gasteiger partial charge in [-0.25, -0.2) is 10.2 Å². The molecule has 5 rings (SSSR count). The van der Waals surface area contributed by atoms with Gasteiger partial charge < -0.3 is 9.15 Å². The van der Waals surface area contributed by atoms with Gasteiger partial charge in [-0.15, -0.1) is 0 Å². The number of hydrazone groups is 1. The molecular formula is C27H21N3O6. The van der Waals surface area contributed by atoms with Crippen LogP contribution in [0.1, 0.15) is 50.6 Å². The highest BCUT2D eigenvalue weighted by atomic mass is 16.6. The molecular weight excluding hydrogens is 462 g/mol. The van der Waals surface area contributed by atoms with E-state index in [2.05, 4.69) is 10.5 Å². The van der Waals surface area contributed by atoms with Crippen LogP contribution in [0.25, 0.3) is 10.8 Å². The number of esters is 1. The van der Waals surface area contributed by atoms with Crippen LogP contribution >= 0.6 is 0 Å². The highest BCUT2D eigenvalue weighted by Crippen LogP contribution is 2.32. The molecule has 9 nitrogen and oxygen atoms in total. The highest BCUT2D eigenvalue weighted by Gasteiger charge is 2.29. The van der Waals surface area contributed by atoms with Gasteiger partial charge >= 0.3 is 5.97 Å². The number of nitrogens with one attached hydrogen (secondary N) is 1. The second-order valence-electron chi connectivity index (χ2n) is 8.38. The number of nitro groups is 1. The summed E-state index contributed by atoms with van der Waals surface area (Å²) in [6.45, 7) is 1.76. The quantitative estimate of drug-likeness (QED) is 0.177. The van der Waals surface area contributed by atoms with Crippen LogP contribution in [0.3, 0.4) is 0 Å². The Labute approximate surface area is 205 Å². The van der Waals surface area contributed by atoms with Gasteiger partial charge in [-0.3, -0.25) is 14.9 Å². The van der Waals surface area contributed by atoms with Crippen LogP contribution < -0.4 is 10.2 Å². The predicted molar refractivity (Wildman–Crippen MR) is 132 cm³/mol. The number of aryl methyl sites for hydroxylation is 1. The maximum atomic E-state index is 13.1. The van der Waals surface area contributed by atoms with Crippen LogP contribution in [0.5, 0.6) is 5.75 Å². The zero-order valence-electron chi connectivity index (χ0n) is 19.3. The van der Waals surface area contributed by atoms with Crippen molar-refractivity contribution in [2.24, 2.45) is 5.10 Å². The van der Waals surface area contributed by atoms with Crippen molar-refractivity contribution in [1.82, 2.24) is 5.43 Å². The largest absolute Gasteiger partial charge is 0.453 e. The molecule has 1 amide bonds. The van der Waals surface area contributed by atoms with Crippen LogP contribution in [0.4, 0.5) is 5.69 Å². The summed E-state index contributed by atoms with van der Waals surface area (Å²) in [5.74, 6) is -0.0576. The standard InChI is InChI=1S/C27H21N3O6/c1-16-24-21(28-29-26(31)18-9-4-10-19(15-18)30(33)34)12-6-14-23(24)35-25(16)27(32)36-22-13-5-8-17-7-2-3-11-20(17)22/h2-5,7-11,13,15H,6,12,14H2,1H3,(H,29,31)/b28-21+. The first-order valence-electron chi connectivity index (χ1n) is 11.4. The zero-order chi connectivity index (χ0) is 25.2. The number of nitrogens with zero attached hydrogens (tertiary/aromatic N) is 2. The van der Waals surface area contributed by atoms with Crippen molar-refractivity contribution in [3.05, 3.63) is 105 Å². The van der Waals surface area contributed by atoms with E-state index in [1.807, 2.05) is 36.4 Å². The van der Waals surface area contributed by atoms with E-state index in [1.165, 1.54) is 24.3 Å². The molecule has 0 spiro atoms. The number of carbonyl (C=O) groups is 2. The summed E-state index contributed by atoms with van der Waals surface area (Å²) in [7, 11) is 0. The molecule has 0 radical (unpaired) electrons. The Morgan fingerprint density at radius 3 is 2.67 bits per heavy atom. The van der Waals surface area contributed by atoms with Gasteiger partial charge in [-0.1, -0.05) is 42.5 Å². The molecule has 3 aromatic carbocycles. The van der Waals surface area contributed by atoms with E-state index in [0.717, 1.165) is 17.2 Å². The van der Waals surface area contributed by atoms with E-state index in [9.17, 15) is 19.7 Å². The third-order valence-corrected chi connectivity index (χ3v) is 6.07. The van der Waals surface area contributed by atoms with Gasteiger partial charge in [0.25, 0.3) is 11.6 Å². The van der Waals surface area contributed by atoms with Crippen molar-refractivity contribution in [2.45, 2.75) is 26.2 Å². The first kappa shape index (κ1) is 23.0. The van der Waals surface area contributed by atoms with Crippen LogP contribution in [0.15, 0.2) is 76.2 Å². The molecule has 0 saturated carbocycles. The highest BCUT2D eigenvalue weighted by molar-refractivity contribution is 6.07. The molecule has 1 aromatic heterocycles. The lowest BCUT2D eigenvalue weighted by Crippen LogP contribution is -2.22. The number of hydrogen-bond donors (Lipinski definition) is 1. The Balaban J connectivity index is 1.40. The molecule has 1 aliphatic rings. The minimum absolute atomic E-state index is 0.0903. The van der Waals surface area contributed by atoms with Crippen molar-refractivity contribution >= 4 is 34.0 Å². The fourth-order valence-electron chi connectivity index (χ4n) is 4.35. The molecule has 0 saturated heterocycles. The summed E-state index contributed by atoms with van der Waals surface area (Å²) < 4.78 is 11.6. The fraction of sp³-hybridized carbons (Fsp3) is 0.148. The normalized spacial score (nSPS) is 13.9. The SMILES string of the molecule is Cc1c(C(=O)Oc2cccc3ccccc23)oc2c1/C(=N/NC(=O)c1cccc([N+](=O)[O-])c1)CCC2. The first-order chi connectivity index (χ1) is 17.4. The van der Waals surface area contributed by atoms with Gasteiger partial charge in [0.2, 0.25) is 5.76 Å². The number of benzene rings is 3. The molecule has 36 heavy (non-hydrogen) atoms. The molecule has 0 atom stereocenters. The van der Waals surface area contributed by atoms with Crippen LogP contribution in [-0.2, 0) is 6.42 Å². The Bertz CT molecular complexity index is 1550. The summed E-state index contributed by atoms with van der Waals surface area (Å²) in [5.41, 5.74) is 4.23. The number of nitro benzene ring substituents is 1. The van der Waals surface area contributed by atoms with Crippen molar-refractivity contribution in [3.8, 4) is 5.75 Å². The van der Waals surface area contributed by atoms with Gasteiger partial charge in [0.15, 0.2) is 0 Å². The molecule has 1 heterocycles. The number of amides is 1. The van der Waals surface area contributed by atoms with Crippen LogP contribution in [-0.4, -0.2) is 22.5 Å². The summed E-state index contributed by atoms with van der Waals surface area (Å²) in [6.07, 6.45) is 1.92. The average Bonchev–Trinajstić information content (AvgIpc) is 3.24. The van der Waals surface area contributed by atoms with Gasteiger partial charge in [-0.2, -0.15) is 5.10 Å². The Morgan fingerprint density at radius 2 is 1.83 bits per heavy atom. The molecule has 9 heteroatoms. The number of rotatable bonds is 5. The molecule has 0 bridgehead atoms. The van der Waals surface area contributed by atoms with E-state index in [-0.39, 0.29) is 17.0 Å². The monoisotopic (exact) mass is 483 g/mol.